The number of nitrogens with two attached hydrogens (primary N) is 1. The maximum absolute atomic E-state index is 14.4. The van der Waals surface area contributed by atoms with E-state index in [0.717, 1.165) is 0 Å². The molecular weight excluding hydrogens is 539 g/mol. The minimum absolute atomic E-state index is 0.0445. The number of aromatic nitrogens is 4. The third-order valence-electron chi connectivity index (χ3n) is 7.30. The number of aryl methyl sites for hydroxylation is 1. The van der Waals surface area contributed by atoms with Gasteiger partial charge in [0.25, 0.3) is 0 Å². The number of anilines is 2. The van der Waals surface area contributed by atoms with Gasteiger partial charge >= 0.3 is 12.1 Å². The molecule has 5 rings (SSSR count). The van der Waals surface area contributed by atoms with Gasteiger partial charge in [-0.2, -0.15) is 28.2 Å². The van der Waals surface area contributed by atoms with E-state index in [0.29, 0.717) is 50.4 Å². The molecule has 0 radical (unpaired) electrons. The molecule has 2 fully saturated rings. The molecule has 39 heavy (non-hydrogen) atoms. The number of carboxylic acid groups (broad SMARTS) is 1. The quantitative estimate of drug-likeness (QED) is 0.407. The van der Waals surface area contributed by atoms with Crippen molar-refractivity contribution >= 4 is 29.3 Å². The molecule has 2 saturated heterocycles. The third-order valence-corrected chi connectivity index (χ3v) is 7.61. The Morgan fingerprint density at radius 3 is 2.64 bits per heavy atom. The van der Waals surface area contributed by atoms with Crippen molar-refractivity contribution in [1.82, 2.24) is 25.1 Å². The van der Waals surface area contributed by atoms with Crippen molar-refractivity contribution in [3.63, 3.8) is 0 Å². The highest BCUT2D eigenvalue weighted by Gasteiger charge is 2.46. The van der Waals surface area contributed by atoms with Crippen LogP contribution in [0.3, 0.4) is 0 Å². The van der Waals surface area contributed by atoms with Crippen LogP contribution >= 0.6 is 11.6 Å². The summed E-state index contributed by atoms with van der Waals surface area (Å²) < 4.78 is 50.0. The summed E-state index contributed by atoms with van der Waals surface area (Å²) in [5.74, 6) is -1.10. The molecule has 1 unspecified atom stereocenters. The summed E-state index contributed by atoms with van der Waals surface area (Å²) in [6, 6.07) is 6.59. The molecule has 0 saturated carbocycles. The maximum atomic E-state index is 14.4. The lowest BCUT2D eigenvalue weighted by molar-refractivity contribution is -0.198. The zero-order valence-corrected chi connectivity index (χ0v) is 21.7. The second-order valence-electron chi connectivity index (χ2n) is 10.0. The first-order chi connectivity index (χ1) is 18.4. The standard InChI is InChI=1S/C25H27ClF3N7O3/c1-14-5-8-36(34-14)20-15(3-2-4-16(20)26)21(25(27,28)29)39-19-11-18(32-23(30)33-19)35-9-6-24(7-10-35)12-17(22(37)38)31-13-24/h2-5,8,11,17,21,31H,6-7,9-10,12-13H2,1H3,(H,37,38)(H2,30,32,33)/t17-,21?/m0/s1. The molecule has 1 spiro atoms. The van der Waals surface area contributed by atoms with Crippen LogP contribution in [0, 0.1) is 12.3 Å². The van der Waals surface area contributed by atoms with Crippen LogP contribution < -0.4 is 20.7 Å². The summed E-state index contributed by atoms with van der Waals surface area (Å²) in [6.45, 7) is 3.38. The van der Waals surface area contributed by atoms with E-state index < -0.39 is 24.3 Å². The molecule has 2 aliphatic heterocycles. The number of aliphatic carboxylic acids is 1. The maximum Gasteiger partial charge on any atom is 0.429 e. The number of piperidine rings is 1. The molecule has 2 aliphatic rings. The van der Waals surface area contributed by atoms with Gasteiger partial charge in [0.05, 0.1) is 16.4 Å². The number of hydrogen-bond acceptors (Lipinski definition) is 8. The van der Waals surface area contributed by atoms with Crippen molar-refractivity contribution < 1.29 is 27.8 Å². The Morgan fingerprint density at radius 2 is 2.03 bits per heavy atom. The second-order valence-corrected chi connectivity index (χ2v) is 10.4. The van der Waals surface area contributed by atoms with Gasteiger partial charge in [0.1, 0.15) is 11.9 Å². The number of rotatable bonds is 6. The molecular formula is C25H27ClF3N7O3. The Kier molecular flexibility index (Phi) is 7.06. The van der Waals surface area contributed by atoms with Gasteiger partial charge in [0, 0.05) is 37.5 Å². The molecule has 3 aromatic rings. The van der Waals surface area contributed by atoms with E-state index >= 15 is 0 Å². The SMILES string of the molecule is Cc1ccn(-c2c(Cl)cccc2C(Oc2cc(N3CCC4(CC3)CN[C@H](C(=O)O)C4)nc(N)n2)C(F)(F)F)n1. The number of halogens is 4. The van der Waals surface area contributed by atoms with Crippen LogP contribution in [0.5, 0.6) is 5.88 Å². The average Bonchev–Trinajstić information content (AvgIpc) is 3.48. The summed E-state index contributed by atoms with van der Waals surface area (Å²) in [7, 11) is 0. The van der Waals surface area contributed by atoms with Crippen molar-refractivity contribution in [2.75, 3.05) is 30.3 Å². The van der Waals surface area contributed by atoms with Crippen LogP contribution in [0.15, 0.2) is 36.5 Å². The van der Waals surface area contributed by atoms with E-state index in [1.54, 1.807) is 13.0 Å². The minimum Gasteiger partial charge on any atom is -0.480 e. The van der Waals surface area contributed by atoms with Crippen molar-refractivity contribution in [1.29, 1.82) is 0 Å². The molecule has 1 aromatic carbocycles. The number of nitrogen functional groups attached to an aromatic ring is 1. The van der Waals surface area contributed by atoms with Crippen LogP contribution in [-0.4, -0.2) is 62.7 Å². The highest BCUT2D eigenvalue weighted by Crippen LogP contribution is 2.43. The molecule has 208 valence electrons. The predicted octanol–water partition coefficient (Wildman–Crippen LogP) is 3.92. The molecule has 0 amide bonds. The highest BCUT2D eigenvalue weighted by atomic mass is 35.5. The van der Waals surface area contributed by atoms with Gasteiger partial charge in [-0.15, -0.1) is 0 Å². The summed E-state index contributed by atoms with van der Waals surface area (Å²) in [6.07, 6.45) is -3.79. The number of carboxylic acids is 1. The van der Waals surface area contributed by atoms with Crippen LogP contribution in [0.2, 0.25) is 5.02 Å². The zero-order chi connectivity index (χ0) is 27.9. The van der Waals surface area contributed by atoms with Crippen LogP contribution in [0.1, 0.15) is 36.6 Å². The fourth-order valence-corrected chi connectivity index (χ4v) is 5.56. The number of alkyl halides is 3. The van der Waals surface area contributed by atoms with E-state index in [-0.39, 0.29) is 33.5 Å². The Hall–Kier alpha value is -3.58. The van der Waals surface area contributed by atoms with Gasteiger partial charge in [-0.25, -0.2) is 4.68 Å². The number of para-hydroxylation sites is 1. The number of ether oxygens (including phenoxy) is 1. The molecule has 2 aromatic heterocycles. The van der Waals surface area contributed by atoms with E-state index in [9.17, 15) is 23.1 Å². The molecule has 14 heteroatoms. The van der Waals surface area contributed by atoms with Gasteiger partial charge in [0.15, 0.2) is 0 Å². The number of benzene rings is 1. The largest absolute Gasteiger partial charge is 0.480 e. The molecule has 4 N–H and O–H groups in total. The number of nitrogens with zero attached hydrogens (tertiary/aromatic N) is 5. The van der Waals surface area contributed by atoms with Gasteiger partial charge < -0.3 is 25.8 Å². The summed E-state index contributed by atoms with van der Waals surface area (Å²) in [4.78, 5) is 21.4. The molecule has 10 nitrogen and oxygen atoms in total. The molecule has 0 aliphatic carbocycles. The number of nitrogens with one attached hydrogen (secondary N) is 1. The van der Waals surface area contributed by atoms with Gasteiger partial charge in [-0.3, -0.25) is 4.79 Å². The van der Waals surface area contributed by atoms with E-state index in [1.807, 2.05) is 4.90 Å². The summed E-state index contributed by atoms with van der Waals surface area (Å²) in [5.41, 5.74) is 6.15. The number of hydrogen-bond donors (Lipinski definition) is 3. The average molecular weight is 566 g/mol. The highest BCUT2D eigenvalue weighted by molar-refractivity contribution is 6.32. The molecule has 2 atom stereocenters. The lowest BCUT2D eigenvalue weighted by Crippen LogP contribution is -2.41. The van der Waals surface area contributed by atoms with Crippen molar-refractivity contribution in [3.8, 4) is 11.6 Å². The van der Waals surface area contributed by atoms with E-state index in [1.165, 1.54) is 35.1 Å². The Balaban J connectivity index is 1.41. The first-order valence-electron chi connectivity index (χ1n) is 12.3. The normalized spacial score (nSPS) is 19.8. The van der Waals surface area contributed by atoms with Crippen LogP contribution in [0.25, 0.3) is 5.69 Å². The van der Waals surface area contributed by atoms with Gasteiger partial charge in [0.2, 0.25) is 17.9 Å². The van der Waals surface area contributed by atoms with E-state index in [2.05, 4.69) is 20.4 Å². The monoisotopic (exact) mass is 565 g/mol. The first kappa shape index (κ1) is 27.0. The minimum atomic E-state index is -4.82. The van der Waals surface area contributed by atoms with Crippen molar-refractivity contribution in [2.24, 2.45) is 5.41 Å². The topological polar surface area (TPSA) is 131 Å². The lowest BCUT2D eigenvalue weighted by Gasteiger charge is -2.39. The zero-order valence-electron chi connectivity index (χ0n) is 21.0. The lowest BCUT2D eigenvalue weighted by atomic mass is 9.76. The van der Waals surface area contributed by atoms with Crippen molar-refractivity contribution in [3.05, 3.63) is 52.8 Å². The van der Waals surface area contributed by atoms with Crippen molar-refractivity contribution in [2.45, 2.75) is 44.5 Å². The second kappa shape index (κ2) is 10.2. The van der Waals surface area contributed by atoms with Gasteiger partial charge in [-0.1, -0.05) is 23.7 Å². The Bertz CT molecular complexity index is 1380. The molecule has 0 bridgehead atoms. The van der Waals surface area contributed by atoms with Crippen LogP contribution in [-0.2, 0) is 4.79 Å². The number of carbonyl (C=O) groups is 1. The first-order valence-corrected chi connectivity index (χ1v) is 12.7. The fourth-order valence-electron chi connectivity index (χ4n) is 5.29. The van der Waals surface area contributed by atoms with Crippen LogP contribution in [0.4, 0.5) is 24.9 Å². The third kappa shape index (κ3) is 5.59. The Morgan fingerprint density at radius 1 is 1.28 bits per heavy atom. The predicted molar refractivity (Wildman–Crippen MR) is 137 cm³/mol. The Labute approximate surface area is 226 Å². The van der Waals surface area contributed by atoms with E-state index in [4.69, 9.17) is 22.1 Å². The molecule has 4 heterocycles. The smallest absolute Gasteiger partial charge is 0.429 e. The summed E-state index contributed by atoms with van der Waals surface area (Å²) in [5, 5.41) is 16.7. The fraction of sp³-hybridized carbons (Fsp3) is 0.440. The van der Waals surface area contributed by atoms with Gasteiger partial charge in [-0.05, 0) is 43.7 Å². The summed E-state index contributed by atoms with van der Waals surface area (Å²) >= 11 is 6.33.